The zero-order chi connectivity index (χ0) is 27.5. The van der Waals surface area contributed by atoms with Crippen LogP contribution >= 0.6 is 0 Å². The van der Waals surface area contributed by atoms with Crippen LogP contribution in [0.25, 0.3) is 0 Å². The summed E-state index contributed by atoms with van der Waals surface area (Å²) in [6.45, 7) is 13.3. The van der Waals surface area contributed by atoms with Crippen LogP contribution in [0.2, 0.25) is 0 Å². The Kier molecular flexibility index (Phi) is 8.43. The van der Waals surface area contributed by atoms with Crippen LogP contribution in [0.5, 0.6) is 0 Å². The second-order valence-corrected chi connectivity index (χ2v) is 10.9. The highest BCUT2D eigenvalue weighted by Gasteiger charge is 2.78. The number of benzene rings is 1. The summed E-state index contributed by atoms with van der Waals surface area (Å²) in [5.41, 5.74) is -0.935. The van der Waals surface area contributed by atoms with E-state index in [1.807, 2.05) is 44.2 Å². The van der Waals surface area contributed by atoms with Gasteiger partial charge in [-0.3, -0.25) is 14.4 Å². The summed E-state index contributed by atoms with van der Waals surface area (Å²) in [7, 11) is 0. The minimum absolute atomic E-state index is 0.104. The van der Waals surface area contributed by atoms with E-state index >= 15 is 0 Å². The molecule has 0 aromatic heterocycles. The lowest BCUT2D eigenvalue weighted by atomic mass is 9.66. The summed E-state index contributed by atoms with van der Waals surface area (Å²) >= 11 is 0. The van der Waals surface area contributed by atoms with Crippen molar-refractivity contribution in [3.05, 3.63) is 61.2 Å². The molecule has 4 rings (SSSR count). The molecule has 206 valence electrons. The molecule has 3 aliphatic heterocycles. The molecule has 1 N–H and O–H groups in total. The second kappa shape index (κ2) is 11.4. The first-order chi connectivity index (χ1) is 18.3. The summed E-state index contributed by atoms with van der Waals surface area (Å²) in [6, 6.07) is 8.84. The van der Waals surface area contributed by atoms with Crippen LogP contribution in [-0.4, -0.2) is 87.6 Å². The zero-order valence-corrected chi connectivity index (χ0v) is 22.7. The molecule has 1 aromatic carbocycles. The van der Waals surface area contributed by atoms with Gasteiger partial charge in [0.1, 0.15) is 11.6 Å². The number of hydrogen-bond donors (Lipinski definition) is 1. The van der Waals surface area contributed by atoms with Crippen LogP contribution in [0.1, 0.15) is 45.1 Å². The SMILES string of the molecule is C=CCN(Cc1ccccc1)C(=O)C1N(CCCO)C(=O)[C@@H]2[C@H](C(=O)N(CC=C)CCC)[C@]3(C)CCC12O3. The van der Waals surface area contributed by atoms with E-state index < -0.39 is 29.1 Å². The van der Waals surface area contributed by atoms with Gasteiger partial charge in [-0.2, -0.15) is 0 Å². The minimum Gasteiger partial charge on any atom is -0.396 e. The molecule has 3 amide bonds. The number of carbonyl (C=O) groups excluding carboxylic acids is 3. The lowest BCUT2D eigenvalue weighted by Crippen LogP contribution is -2.56. The van der Waals surface area contributed by atoms with Crippen LogP contribution in [0.4, 0.5) is 0 Å². The van der Waals surface area contributed by atoms with Crippen LogP contribution in [-0.2, 0) is 25.7 Å². The number of likely N-dealkylation sites (tertiary alicyclic amines) is 1. The Hall–Kier alpha value is -2.97. The number of aliphatic hydroxyl groups is 1. The van der Waals surface area contributed by atoms with Crippen molar-refractivity contribution in [2.24, 2.45) is 11.8 Å². The molecule has 0 saturated carbocycles. The van der Waals surface area contributed by atoms with Crippen LogP contribution in [0, 0.1) is 11.8 Å². The van der Waals surface area contributed by atoms with Gasteiger partial charge in [-0.1, -0.05) is 49.4 Å². The molecule has 1 spiro atoms. The maximum absolute atomic E-state index is 14.3. The van der Waals surface area contributed by atoms with Crippen LogP contribution < -0.4 is 0 Å². The zero-order valence-electron chi connectivity index (χ0n) is 22.7. The second-order valence-electron chi connectivity index (χ2n) is 10.9. The van der Waals surface area contributed by atoms with E-state index in [0.29, 0.717) is 45.4 Å². The van der Waals surface area contributed by atoms with Crippen molar-refractivity contribution < 1.29 is 24.2 Å². The van der Waals surface area contributed by atoms with E-state index in [9.17, 15) is 19.5 Å². The molecule has 0 radical (unpaired) electrons. The summed E-state index contributed by atoms with van der Waals surface area (Å²) < 4.78 is 6.73. The number of ether oxygens (including phenoxy) is 1. The molecule has 3 fully saturated rings. The third-order valence-corrected chi connectivity index (χ3v) is 8.37. The summed E-state index contributed by atoms with van der Waals surface area (Å²) in [6.07, 6.45) is 5.63. The summed E-state index contributed by atoms with van der Waals surface area (Å²) in [5.74, 6) is -1.97. The molecule has 5 atom stereocenters. The first kappa shape index (κ1) is 28.0. The van der Waals surface area contributed by atoms with Crippen molar-refractivity contribution in [3.63, 3.8) is 0 Å². The average Bonchev–Trinajstić information content (AvgIpc) is 3.47. The summed E-state index contributed by atoms with van der Waals surface area (Å²) in [5, 5.41) is 9.58. The van der Waals surface area contributed by atoms with Gasteiger partial charge in [0.05, 0.1) is 17.4 Å². The topological polar surface area (TPSA) is 90.4 Å². The first-order valence-corrected chi connectivity index (χ1v) is 13.7. The molecule has 1 aromatic rings. The van der Waals surface area contributed by atoms with Crippen molar-refractivity contribution in [2.75, 3.05) is 32.8 Å². The standard InChI is InChI=1S/C30H41N3O5/c1-5-16-31(17-6-2)26(35)23-24-27(36)33(19-11-20-34)25(30(24)15-14-29(23,4)38-30)28(37)32(18-7-3)21-22-12-9-8-10-13-22/h5,7-10,12-13,23-25,34H,1,3,6,11,14-21H2,2,4H3/t23-,24+,25?,29+,30?/m1/s1. The molecule has 3 aliphatic rings. The number of carbonyl (C=O) groups is 3. The van der Waals surface area contributed by atoms with Crippen molar-refractivity contribution in [1.29, 1.82) is 0 Å². The monoisotopic (exact) mass is 523 g/mol. The largest absolute Gasteiger partial charge is 0.396 e. The third-order valence-electron chi connectivity index (χ3n) is 8.37. The van der Waals surface area contributed by atoms with Gasteiger partial charge in [0.25, 0.3) is 0 Å². The minimum atomic E-state index is -1.08. The number of aliphatic hydroxyl groups excluding tert-OH is 1. The molecule has 2 bridgehead atoms. The number of amides is 3. The van der Waals surface area contributed by atoms with Gasteiger partial charge in [-0.15, -0.1) is 13.2 Å². The lowest BCUT2D eigenvalue weighted by Gasteiger charge is -2.37. The number of rotatable bonds is 13. The van der Waals surface area contributed by atoms with Crippen molar-refractivity contribution >= 4 is 17.7 Å². The molecule has 3 heterocycles. The number of hydrogen-bond acceptors (Lipinski definition) is 5. The van der Waals surface area contributed by atoms with E-state index in [0.717, 1.165) is 12.0 Å². The Labute approximate surface area is 225 Å². The Morgan fingerprint density at radius 1 is 1.13 bits per heavy atom. The highest BCUT2D eigenvalue weighted by Crippen LogP contribution is 2.63. The Balaban J connectivity index is 1.74. The molecule has 3 saturated heterocycles. The maximum atomic E-state index is 14.3. The first-order valence-electron chi connectivity index (χ1n) is 13.7. The smallest absolute Gasteiger partial charge is 0.248 e. The van der Waals surface area contributed by atoms with Gasteiger partial charge in [0.2, 0.25) is 17.7 Å². The van der Waals surface area contributed by atoms with Gasteiger partial charge < -0.3 is 24.5 Å². The fourth-order valence-electron chi connectivity index (χ4n) is 6.84. The summed E-state index contributed by atoms with van der Waals surface area (Å²) in [4.78, 5) is 47.4. The highest BCUT2D eigenvalue weighted by atomic mass is 16.5. The fraction of sp³-hybridized carbons (Fsp3) is 0.567. The lowest BCUT2D eigenvalue weighted by molar-refractivity contribution is -0.153. The van der Waals surface area contributed by atoms with E-state index in [2.05, 4.69) is 13.2 Å². The van der Waals surface area contributed by atoms with Crippen molar-refractivity contribution in [1.82, 2.24) is 14.7 Å². The van der Waals surface area contributed by atoms with Crippen molar-refractivity contribution in [3.8, 4) is 0 Å². The van der Waals surface area contributed by atoms with Crippen molar-refractivity contribution in [2.45, 2.75) is 63.3 Å². The molecule has 0 aliphatic carbocycles. The predicted molar refractivity (Wildman–Crippen MR) is 145 cm³/mol. The molecule has 8 nitrogen and oxygen atoms in total. The van der Waals surface area contributed by atoms with Gasteiger partial charge in [-0.25, -0.2) is 0 Å². The fourth-order valence-corrected chi connectivity index (χ4v) is 6.84. The van der Waals surface area contributed by atoms with Gasteiger partial charge in [-0.05, 0) is 38.2 Å². The van der Waals surface area contributed by atoms with Crippen LogP contribution in [0.15, 0.2) is 55.6 Å². The molecule has 38 heavy (non-hydrogen) atoms. The molecule has 8 heteroatoms. The number of nitrogens with zero attached hydrogens (tertiary/aromatic N) is 3. The maximum Gasteiger partial charge on any atom is 0.248 e. The average molecular weight is 524 g/mol. The van der Waals surface area contributed by atoms with E-state index in [1.54, 1.807) is 26.9 Å². The molecular formula is C30H41N3O5. The molecular weight excluding hydrogens is 482 g/mol. The Bertz CT molecular complexity index is 1060. The van der Waals surface area contributed by atoms with E-state index in [1.165, 1.54) is 0 Å². The highest BCUT2D eigenvalue weighted by molar-refractivity contribution is 5.99. The normalized spacial score (nSPS) is 29.3. The van der Waals surface area contributed by atoms with Gasteiger partial charge in [0, 0.05) is 39.3 Å². The predicted octanol–water partition coefficient (Wildman–Crippen LogP) is 2.77. The quantitative estimate of drug-likeness (QED) is 0.402. The Morgan fingerprint density at radius 3 is 2.45 bits per heavy atom. The van der Waals surface area contributed by atoms with E-state index in [4.69, 9.17) is 4.74 Å². The number of fused-ring (bicyclic) bond motifs is 1. The van der Waals surface area contributed by atoms with Gasteiger partial charge in [0.15, 0.2) is 0 Å². The Morgan fingerprint density at radius 2 is 1.82 bits per heavy atom. The third kappa shape index (κ3) is 4.69. The molecule has 2 unspecified atom stereocenters. The van der Waals surface area contributed by atoms with E-state index in [-0.39, 0.29) is 30.9 Å². The van der Waals surface area contributed by atoms with Crippen LogP contribution in [0.3, 0.4) is 0 Å². The van der Waals surface area contributed by atoms with Gasteiger partial charge >= 0.3 is 0 Å².